The molecule has 0 aromatic heterocycles. The van der Waals surface area contributed by atoms with E-state index in [-0.39, 0.29) is 17.8 Å². The van der Waals surface area contributed by atoms with E-state index in [4.69, 9.17) is 18.0 Å². The molecule has 3 nitrogen and oxygen atoms in total. The summed E-state index contributed by atoms with van der Waals surface area (Å²) in [6.07, 6.45) is 2.04. The monoisotopic (exact) mass is 302 g/mol. The summed E-state index contributed by atoms with van der Waals surface area (Å²) in [6, 6.07) is 9.45. The maximum absolute atomic E-state index is 13.8. The Bertz CT molecular complexity index is 727. The van der Waals surface area contributed by atoms with Crippen molar-refractivity contribution >= 4 is 33.9 Å². The molecule has 0 spiro atoms. The molecule has 1 saturated carbocycles. The molecule has 1 atom stereocenters. The molecule has 3 rings (SSSR count). The lowest BCUT2D eigenvalue weighted by Crippen LogP contribution is -2.45. The highest BCUT2D eigenvalue weighted by atomic mass is 32.1. The van der Waals surface area contributed by atoms with Crippen LogP contribution in [0.3, 0.4) is 0 Å². The fourth-order valence-electron chi connectivity index (χ4n) is 2.53. The highest BCUT2D eigenvalue weighted by molar-refractivity contribution is 7.80. The van der Waals surface area contributed by atoms with E-state index in [0.29, 0.717) is 27.2 Å². The fourth-order valence-corrected chi connectivity index (χ4v) is 2.78. The van der Waals surface area contributed by atoms with Crippen LogP contribution in [-0.2, 0) is 0 Å². The maximum Gasteiger partial charge on any atom is 0.252 e. The summed E-state index contributed by atoms with van der Waals surface area (Å²) >= 11 is 5.02. The number of thiocarbonyl (C=S) groups is 1. The molecule has 1 unspecified atom stereocenters. The Morgan fingerprint density at radius 2 is 1.90 bits per heavy atom. The zero-order chi connectivity index (χ0) is 15.0. The van der Waals surface area contributed by atoms with Gasteiger partial charge in [0.2, 0.25) is 0 Å². The second kappa shape index (κ2) is 5.41. The third kappa shape index (κ3) is 2.74. The van der Waals surface area contributed by atoms with Crippen LogP contribution in [0.15, 0.2) is 36.4 Å². The van der Waals surface area contributed by atoms with Gasteiger partial charge in [0.15, 0.2) is 0 Å². The van der Waals surface area contributed by atoms with Gasteiger partial charge in [-0.2, -0.15) is 0 Å². The Kier molecular flexibility index (Phi) is 3.59. The van der Waals surface area contributed by atoms with Crippen molar-refractivity contribution in [1.82, 2.24) is 5.32 Å². The van der Waals surface area contributed by atoms with Crippen LogP contribution in [0.4, 0.5) is 4.39 Å². The first-order valence-electron chi connectivity index (χ1n) is 6.85. The van der Waals surface area contributed by atoms with Crippen molar-refractivity contribution in [3.05, 3.63) is 47.8 Å². The number of rotatable bonds is 4. The lowest BCUT2D eigenvalue weighted by Gasteiger charge is -2.17. The molecule has 0 heterocycles. The van der Waals surface area contributed by atoms with Gasteiger partial charge in [-0.15, -0.1) is 0 Å². The SMILES string of the molecule is NC(=S)C(NC(=O)c1ccc(F)c2ccccc12)C1CC1. The van der Waals surface area contributed by atoms with E-state index in [9.17, 15) is 9.18 Å². The normalized spacial score (nSPS) is 15.7. The van der Waals surface area contributed by atoms with E-state index in [1.54, 1.807) is 24.3 Å². The van der Waals surface area contributed by atoms with Gasteiger partial charge in [-0.3, -0.25) is 4.79 Å². The first-order chi connectivity index (χ1) is 10.1. The van der Waals surface area contributed by atoms with Gasteiger partial charge < -0.3 is 11.1 Å². The van der Waals surface area contributed by atoms with Crippen LogP contribution in [0.2, 0.25) is 0 Å². The largest absolute Gasteiger partial charge is 0.392 e. The molecule has 1 aliphatic carbocycles. The van der Waals surface area contributed by atoms with Crippen LogP contribution < -0.4 is 11.1 Å². The van der Waals surface area contributed by atoms with E-state index in [1.165, 1.54) is 12.1 Å². The maximum atomic E-state index is 13.8. The number of nitrogens with one attached hydrogen (secondary N) is 1. The number of fused-ring (bicyclic) bond motifs is 1. The number of hydrogen-bond acceptors (Lipinski definition) is 2. The minimum absolute atomic E-state index is 0.268. The highest BCUT2D eigenvalue weighted by Gasteiger charge is 2.34. The summed E-state index contributed by atoms with van der Waals surface area (Å²) in [5, 5.41) is 3.90. The van der Waals surface area contributed by atoms with Crippen molar-refractivity contribution in [3.8, 4) is 0 Å². The number of nitrogens with two attached hydrogens (primary N) is 1. The van der Waals surface area contributed by atoms with Crippen LogP contribution in [-0.4, -0.2) is 16.9 Å². The van der Waals surface area contributed by atoms with Crippen molar-refractivity contribution in [2.45, 2.75) is 18.9 Å². The second-order valence-corrected chi connectivity index (χ2v) is 5.80. The zero-order valence-corrected chi connectivity index (χ0v) is 12.1. The number of carbonyl (C=O) groups excluding carboxylic acids is 1. The third-order valence-electron chi connectivity index (χ3n) is 3.80. The van der Waals surface area contributed by atoms with Gasteiger partial charge >= 0.3 is 0 Å². The topological polar surface area (TPSA) is 55.1 Å². The summed E-state index contributed by atoms with van der Waals surface area (Å²) in [6.45, 7) is 0. The Morgan fingerprint density at radius 3 is 2.52 bits per heavy atom. The molecule has 1 aliphatic rings. The molecule has 5 heteroatoms. The van der Waals surface area contributed by atoms with E-state index < -0.39 is 0 Å². The van der Waals surface area contributed by atoms with Crippen molar-refractivity contribution in [2.24, 2.45) is 11.7 Å². The van der Waals surface area contributed by atoms with Crippen LogP contribution >= 0.6 is 12.2 Å². The zero-order valence-electron chi connectivity index (χ0n) is 11.3. The molecule has 2 aromatic rings. The smallest absolute Gasteiger partial charge is 0.252 e. The quantitative estimate of drug-likeness (QED) is 0.854. The Morgan fingerprint density at radius 1 is 1.24 bits per heavy atom. The van der Waals surface area contributed by atoms with Crippen LogP contribution in [0.25, 0.3) is 10.8 Å². The molecule has 3 N–H and O–H groups in total. The minimum Gasteiger partial charge on any atom is -0.392 e. The van der Waals surface area contributed by atoms with Gasteiger partial charge in [-0.25, -0.2) is 4.39 Å². The lowest BCUT2D eigenvalue weighted by atomic mass is 10.0. The van der Waals surface area contributed by atoms with Gasteiger partial charge in [0, 0.05) is 10.9 Å². The number of benzene rings is 2. The molecule has 0 aliphatic heterocycles. The van der Waals surface area contributed by atoms with E-state index in [1.807, 2.05) is 0 Å². The van der Waals surface area contributed by atoms with Gasteiger partial charge in [0.1, 0.15) is 5.82 Å². The molecule has 0 bridgehead atoms. The average Bonchev–Trinajstić information content (AvgIpc) is 3.29. The number of amides is 1. The first kappa shape index (κ1) is 13.9. The molecule has 0 radical (unpaired) electrons. The van der Waals surface area contributed by atoms with Crippen molar-refractivity contribution < 1.29 is 9.18 Å². The molecule has 1 amide bonds. The molecule has 21 heavy (non-hydrogen) atoms. The second-order valence-electron chi connectivity index (χ2n) is 5.33. The number of carbonyl (C=O) groups is 1. The number of hydrogen-bond donors (Lipinski definition) is 2. The average molecular weight is 302 g/mol. The molecule has 108 valence electrons. The van der Waals surface area contributed by atoms with Gasteiger partial charge in [0.25, 0.3) is 5.91 Å². The Hall–Kier alpha value is -2.01. The van der Waals surface area contributed by atoms with Crippen molar-refractivity contribution in [1.29, 1.82) is 0 Å². The summed E-state index contributed by atoms with van der Waals surface area (Å²) in [5.41, 5.74) is 6.14. The van der Waals surface area contributed by atoms with Crippen LogP contribution in [0.1, 0.15) is 23.2 Å². The van der Waals surface area contributed by atoms with Gasteiger partial charge in [-0.05, 0) is 36.3 Å². The van der Waals surface area contributed by atoms with Gasteiger partial charge in [0.05, 0.1) is 11.0 Å². The minimum atomic E-state index is -0.338. The van der Waals surface area contributed by atoms with Gasteiger partial charge in [-0.1, -0.05) is 36.5 Å². The molecule has 1 fully saturated rings. The first-order valence-corrected chi connectivity index (χ1v) is 7.26. The summed E-state index contributed by atoms with van der Waals surface area (Å²) in [5.74, 6) is -0.274. The summed E-state index contributed by atoms with van der Waals surface area (Å²) in [4.78, 5) is 12.8. The number of halogens is 1. The highest BCUT2D eigenvalue weighted by Crippen LogP contribution is 2.33. The Balaban J connectivity index is 1.94. The fraction of sp³-hybridized carbons (Fsp3) is 0.250. The van der Waals surface area contributed by atoms with Crippen LogP contribution in [0.5, 0.6) is 0 Å². The van der Waals surface area contributed by atoms with Crippen LogP contribution in [0, 0.1) is 11.7 Å². The molecule has 0 saturated heterocycles. The van der Waals surface area contributed by atoms with E-state index in [0.717, 1.165) is 12.8 Å². The summed E-state index contributed by atoms with van der Waals surface area (Å²) < 4.78 is 13.8. The molecular formula is C16H15FN2OS. The van der Waals surface area contributed by atoms with E-state index >= 15 is 0 Å². The Labute approximate surface area is 127 Å². The van der Waals surface area contributed by atoms with Crippen molar-refractivity contribution in [3.63, 3.8) is 0 Å². The summed E-state index contributed by atoms with van der Waals surface area (Å²) in [7, 11) is 0. The van der Waals surface area contributed by atoms with Crippen molar-refractivity contribution in [2.75, 3.05) is 0 Å². The predicted octanol–water partition coefficient (Wildman–Crippen LogP) is 2.77. The molecule has 2 aromatic carbocycles. The molecular weight excluding hydrogens is 287 g/mol. The van der Waals surface area contributed by atoms with E-state index in [2.05, 4.69) is 5.32 Å². The lowest BCUT2D eigenvalue weighted by molar-refractivity contribution is 0.0945. The predicted molar refractivity (Wildman–Crippen MR) is 84.7 cm³/mol. The standard InChI is InChI=1S/C16H15FN2OS/c17-13-8-7-12(10-3-1-2-4-11(10)13)16(20)19-14(15(18)21)9-5-6-9/h1-4,7-9,14H,5-6H2,(H2,18,21)(H,19,20). The third-order valence-corrected chi connectivity index (χ3v) is 4.06.